The van der Waals surface area contributed by atoms with Gasteiger partial charge in [0.05, 0.1) is 11.6 Å². The summed E-state index contributed by atoms with van der Waals surface area (Å²) in [6, 6.07) is 11.1. The van der Waals surface area contributed by atoms with E-state index in [1.807, 2.05) is 13.8 Å². The first-order valence-electron chi connectivity index (χ1n) is 9.58. The van der Waals surface area contributed by atoms with E-state index in [1.165, 1.54) is 11.8 Å². The summed E-state index contributed by atoms with van der Waals surface area (Å²) in [6.07, 6.45) is 0.643. The third kappa shape index (κ3) is 4.16. The van der Waals surface area contributed by atoms with Gasteiger partial charge in [-0.15, -0.1) is 0 Å². The Balaban J connectivity index is 2.18. The molecule has 0 radical (unpaired) electrons. The highest BCUT2D eigenvalue weighted by atomic mass is 79.9. The van der Waals surface area contributed by atoms with Crippen LogP contribution >= 0.6 is 15.9 Å². The van der Waals surface area contributed by atoms with Crippen LogP contribution in [0.15, 0.2) is 52.5 Å². The van der Waals surface area contributed by atoms with Crippen molar-refractivity contribution in [3.63, 3.8) is 0 Å². The lowest BCUT2D eigenvalue weighted by molar-refractivity contribution is -0.139. The normalized spacial score (nSPS) is 18.0. The lowest BCUT2D eigenvalue weighted by Crippen LogP contribution is -2.30. The van der Waals surface area contributed by atoms with Gasteiger partial charge >= 0.3 is 5.97 Å². The number of esters is 1. The molecule has 1 aliphatic heterocycles. The van der Waals surface area contributed by atoms with Crippen LogP contribution in [-0.4, -0.2) is 34.2 Å². The van der Waals surface area contributed by atoms with Gasteiger partial charge in [-0.1, -0.05) is 41.1 Å². The molecule has 0 bridgehead atoms. The molecule has 156 valence electrons. The molecule has 1 N–H and O–H groups in total. The molecule has 0 aromatic heterocycles. The topological polar surface area (TPSA) is 83.9 Å². The Kier molecular flexibility index (Phi) is 6.41. The minimum absolute atomic E-state index is 0.0233. The highest BCUT2D eigenvalue weighted by Gasteiger charge is 2.45. The average Bonchev–Trinajstić information content (AvgIpc) is 2.94. The smallest absolute Gasteiger partial charge is 0.308 e. The fraction of sp³-hybridized carbons (Fsp3) is 0.261. The second-order valence-corrected chi connectivity index (χ2v) is 7.98. The minimum atomic E-state index is -0.774. The van der Waals surface area contributed by atoms with E-state index in [9.17, 15) is 19.5 Å². The molecule has 0 saturated carbocycles. The molecule has 1 amide bonds. The van der Waals surface area contributed by atoms with E-state index in [0.29, 0.717) is 29.8 Å². The van der Waals surface area contributed by atoms with E-state index < -0.39 is 23.7 Å². The number of benzene rings is 2. The van der Waals surface area contributed by atoms with Crippen LogP contribution in [0.25, 0.3) is 5.76 Å². The van der Waals surface area contributed by atoms with Crippen molar-refractivity contribution < 1.29 is 24.2 Å². The van der Waals surface area contributed by atoms with Crippen LogP contribution in [0.5, 0.6) is 5.75 Å². The number of carbonyl (C=O) groups excluding carboxylic acids is 3. The standard InChI is InChI=1S/C23H22BrNO5/c1-4-10-25-20(15-6-5-7-17(12-15)30-14(3)26)19(22(28)23(25)29)21(27)16-8-9-18(24)13(2)11-16/h5-9,11-12,20,27H,4,10H2,1-3H3/b21-19-. The first kappa shape index (κ1) is 21.8. The summed E-state index contributed by atoms with van der Waals surface area (Å²) < 4.78 is 6.03. The van der Waals surface area contributed by atoms with Crippen LogP contribution in [0.2, 0.25) is 0 Å². The Morgan fingerprint density at radius 2 is 1.93 bits per heavy atom. The van der Waals surface area contributed by atoms with E-state index >= 15 is 0 Å². The Morgan fingerprint density at radius 3 is 2.57 bits per heavy atom. The largest absolute Gasteiger partial charge is 0.507 e. The maximum atomic E-state index is 12.9. The number of likely N-dealkylation sites (tertiary alicyclic amines) is 1. The molecule has 1 aliphatic rings. The number of ketones is 1. The highest BCUT2D eigenvalue weighted by molar-refractivity contribution is 9.10. The third-order valence-electron chi connectivity index (χ3n) is 4.87. The quantitative estimate of drug-likeness (QED) is 0.228. The first-order chi connectivity index (χ1) is 14.2. The number of aliphatic hydroxyl groups excluding tert-OH is 1. The van der Waals surface area contributed by atoms with Gasteiger partial charge in [0, 0.05) is 23.5 Å². The summed E-state index contributed by atoms with van der Waals surface area (Å²) in [7, 11) is 0. The van der Waals surface area contributed by atoms with Crippen molar-refractivity contribution in [2.24, 2.45) is 0 Å². The summed E-state index contributed by atoms with van der Waals surface area (Å²) in [4.78, 5) is 38.4. The van der Waals surface area contributed by atoms with Crippen LogP contribution in [0.1, 0.15) is 43.0 Å². The molecule has 2 aromatic rings. The molecular formula is C23H22BrNO5. The van der Waals surface area contributed by atoms with Crippen molar-refractivity contribution in [2.45, 2.75) is 33.2 Å². The number of carbonyl (C=O) groups is 3. The van der Waals surface area contributed by atoms with Gasteiger partial charge < -0.3 is 14.7 Å². The predicted octanol–water partition coefficient (Wildman–Crippen LogP) is 4.51. The fourth-order valence-corrected chi connectivity index (χ4v) is 3.81. The fourth-order valence-electron chi connectivity index (χ4n) is 3.56. The van der Waals surface area contributed by atoms with Gasteiger partial charge in [-0.3, -0.25) is 14.4 Å². The average molecular weight is 472 g/mol. The zero-order valence-electron chi connectivity index (χ0n) is 16.9. The maximum Gasteiger partial charge on any atom is 0.308 e. The Hall–Kier alpha value is -2.93. The second kappa shape index (κ2) is 8.83. The van der Waals surface area contributed by atoms with Gasteiger partial charge in [0.25, 0.3) is 11.7 Å². The summed E-state index contributed by atoms with van der Waals surface area (Å²) >= 11 is 3.42. The van der Waals surface area contributed by atoms with Crippen molar-refractivity contribution in [1.29, 1.82) is 0 Å². The number of nitrogens with zero attached hydrogens (tertiary/aromatic N) is 1. The van der Waals surface area contributed by atoms with Crippen molar-refractivity contribution >= 4 is 39.3 Å². The first-order valence-corrected chi connectivity index (χ1v) is 10.4. The molecule has 1 unspecified atom stereocenters. The van der Waals surface area contributed by atoms with Crippen molar-refractivity contribution in [2.75, 3.05) is 6.54 Å². The molecule has 7 heteroatoms. The van der Waals surface area contributed by atoms with Gasteiger partial charge in [-0.2, -0.15) is 0 Å². The molecule has 2 aromatic carbocycles. The number of Topliss-reactive ketones (excluding diaryl/α,β-unsaturated/α-hetero) is 1. The van der Waals surface area contributed by atoms with E-state index in [1.54, 1.807) is 42.5 Å². The van der Waals surface area contributed by atoms with Gasteiger partial charge in [-0.25, -0.2) is 0 Å². The molecule has 30 heavy (non-hydrogen) atoms. The minimum Gasteiger partial charge on any atom is -0.507 e. The summed E-state index contributed by atoms with van der Waals surface area (Å²) in [5, 5.41) is 11.0. The summed E-state index contributed by atoms with van der Waals surface area (Å²) in [5.74, 6) is -1.79. The number of halogens is 1. The monoisotopic (exact) mass is 471 g/mol. The number of ether oxygens (including phenoxy) is 1. The van der Waals surface area contributed by atoms with E-state index in [2.05, 4.69) is 15.9 Å². The Bertz CT molecular complexity index is 1060. The van der Waals surface area contributed by atoms with Crippen LogP contribution in [0.4, 0.5) is 0 Å². The predicted molar refractivity (Wildman–Crippen MR) is 116 cm³/mol. The zero-order chi connectivity index (χ0) is 22.0. The van der Waals surface area contributed by atoms with Crippen molar-refractivity contribution in [3.05, 3.63) is 69.2 Å². The van der Waals surface area contributed by atoms with E-state index in [4.69, 9.17) is 4.74 Å². The van der Waals surface area contributed by atoms with Crippen LogP contribution in [0, 0.1) is 6.92 Å². The van der Waals surface area contributed by atoms with Crippen molar-refractivity contribution in [3.8, 4) is 5.75 Å². The number of rotatable bonds is 5. The molecule has 3 rings (SSSR count). The van der Waals surface area contributed by atoms with E-state index in [-0.39, 0.29) is 11.3 Å². The van der Waals surface area contributed by atoms with Crippen LogP contribution in [-0.2, 0) is 14.4 Å². The van der Waals surface area contributed by atoms with Gasteiger partial charge in [0.2, 0.25) is 0 Å². The second-order valence-electron chi connectivity index (χ2n) is 7.12. The Labute approximate surface area is 183 Å². The lowest BCUT2D eigenvalue weighted by atomic mass is 9.94. The Morgan fingerprint density at radius 1 is 1.20 bits per heavy atom. The molecule has 6 nitrogen and oxygen atoms in total. The highest BCUT2D eigenvalue weighted by Crippen LogP contribution is 2.40. The maximum absolute atomic E-state index is 12.9. The summed E-state index contributed by atoms with van der Waals surface area (Å²) in [6.45, 7) is 5.43. The SMILES string of the molecule is CCCN1C(=O)C(=O)/C(=C(\O)c2ccc(Br)c(C)c2)C1c1cccc(OC(C)=O)c1. The van der Waals surface area contributed by atoms with Crippen molar-refractivity contribution in [1.82, 2.24) is 4.90 Å². The van der Waals surface area contributed by atoms with Crippen LogP contribution in [0.3, 0.4) is 0 Å². The number of hydrogen-bond donors (Lipinski definition) is 1. The van der Waals surface area contributed by atoms with Gasteiger partial charge in [0.1, 0.15) is 11.5 Å². The van der Waals surface area contributed by atoms with Gasteiger partial charge in [-0.05, 0) is 48.7 Å². The zero-order valence-corrected chi connectivity index (χ0v) is 18.5. The molecule has 1 saturated heterocycles. The molecule has 1 fully saturated rings. The number of aryl methyl sites for hydroxylation is 1. The molecule has 1 heterocycles. The van der Waals surface area contributed by atoms with E-state index in [0.717, 1.165) is 10.0 Å². The molecule has 0 aliphatic carbocycles. The molecule has 1 atom stereocenters. The summed E-state index contributed by atoms with van der Waals surface area (Å²) in [5.41, 5.74) is 1.94. The number of amides is 1. The molecule has 0 spiro atoms. The number of hydrogen-bond acceptors (Lipinski definition) is 5. The lowest BCUT2D eigenvalue weighted by Gasteiger charge is -2.25. The van der Waals surface area contributed by atoms with Gasteiger partial charge in [0.15, 0.2) is 0 Å². The number of aliphatic hydroxyl groups is 1. The molecular weight excluding hydrogens is 450 g/mol. The third-order valence-corrected chi connectivity index (χ3v) is 5.76. The van der Waals surface area contributed by atoms with Crippen LogP contribution < -0.4 is 4.74 Å².